The topological polar surface area (TPSA) is 12.0 Å². The predicted octanol–water partition coefficient (Wildman–Crippen LogP) is 4.02. The van der Waals surface area contributed by atoms with Gasteiger partial charge in [-0.2, -0.15) is 0 Å². The molecular weight excluding hydrogens is 239 g/mol. The molecule has 0 aromatic heterocycles. The molecule has 18 heavy (non-hydrogen) atoms. The lowest BCUT2D eigenvalue weighted by Crippen LogP contribution is -2.05. The summed E-state index contributed by atoms with van der Waals surface area (Å²) in [4.78, 5) is 0. The Balaban J connectivity index is 2.16. The Morgan fingerprint density at radius 1 is 1.00 bits per heavy atom. The van der Waals surface area contributed by atoms with Crippen LogP contribution in [0.5, 0.6) is 0 Å². The minimum atomic E-state index is -0.644. The number of halogens is 3. The fourth-order valence-electron chi connectivity index (χ4n) is 1.71. The van der Waals surface area contributed by atoms with E-state index in [1.807, 2.05) is 0 Å². The van der Waals surface area contributed by atoms with E-state index >= 15 is 0 Å². The largest absolute Gasteiger partial charge is 0.376 e. The quantitative estimate of drug-likeness (QED) is 0.868. The van der Waals surface area contributed by atoms with E-state index in [0.717, 1.165) is 11.1 Å². The third kappa shape index (κ3) is 2.64. The lowest BCUT2D eigenvalue weighted by atomic mass is 10.1. The molecule has 0 aliphatic heterocycles. The maximum atomic E-state index is 13.4. The second kappa shape index (κ2) is 5.12. The summed E-state index contributed by atoms with van der Waals surface area (Å²) < 4.78 is 39.6. The molecule has 0 unspecified atom stereocenters. The molecule has 0 atom stereocenters. The van der Waals surface area contributed by atoms with E-state index in [2.05, 4.69) is 5.32 Å². The highest BCUT2D eigenvalue weighted by Crippen LogP contribution is 2.19. The van der Waals surface area contributed by atoms with E-state index in [1.54, 1.807) is 13.0 Å². The average Bonchev–Trinajstić information content (AvgIpc) is 2.31. The number of aryl methyl sites for hydroxylation is 1. The summed E-state index contributed by atoms with van der Waals surface area (Å²) in [6.07, 6.45) is 0. The summed E-state index contributed by atoms with van der Waals surface area (Å²) >= 11 is 0. The van der Waals surface area contributed by atoms with Crippen LogP contribution in [0.1, 0.15) is 11.1 Å². The maximum Gasteiger partial charge on any atom is 0.149 e. The number of para-hydroxylation sites is 1. The number of hydrogen-bond donors (Lipinski definition) is 1. The Morgan fingerprint density at radius 3 is 2.28 bits per heavy atom. The van der Waals surface area contributed by atoms with Crippen molar-refractivity contribution < 1.29 is 13.2 Å². The molecule has 0 bridgehead atoms. The molecule has 0 heterocycles. The SMILES string of the molecule is Cc1cc(F)ccc1CNc1c(F)cccc1F. The van der Waals surface area contributed by atoms with Crippen LogP contribution in [-0.2, 0) is 6.54 Å². The fraction of sp³-hybridized carbons (Fsp3) is 0.143. The molecular formula is C14H12F3N. The van der Waals surface area contributed by atoms with Crippen molar-refractivity contribution in [3.63, 3.8) is 0 Å². The number of rotatable bonds is 3. The summed E-state index contributed by atoms with van der Waals surface area (Å²) in [5.74, 6) is -1.61. The molecule has 0 aliphatic carbocycles. The molecule has 0 aliphatic rings. The molecule has 1 nitrogen and oxygen atoms in total. The smallest absolute Gasteiger partial charge is 0.149 e. The first-order valence-corrected chi connectivity index (χ1v) is 5.51. The average molecular weight is 251 g/mol. The summed E-state index contributed by atoms with van der Waals surface area (Å²) in [6.45, 7) is 1.99. The van der Waals surface area contributed by atoms with Gasteiger partial charge in [-0.3, -0.25) is 0 Å². The number of hydrogen-bond acceptors (Lipinski definition) is 1. The first-order valence-electron chi connectivity index (χ1n) is 5.51. The summed E-state index contributed by atoms with van der Waals surface area (Å²) in [6, 6.07) is 7.97. The van der Waals surface area contributed by atoms with Crippen LogP contribution in [0.2, 0.25) is 0 Å². The van der Waals surface area contributed by atoms with Gasteiger partial charge < -0.3 is 5.32 Å². The van der Waals surface area contributed by atoms with Gasteiger partial charge in [-0.1, -0.05) is 12.1 Å². The van der Waals surface area contributed by atoms with Gasteiger partial charge in [0.1, 0.15) is 23.1 Å². The van der Waals surface area contributed by atoms with Gasteiger partial charge >= 0.3 is 0 Å². The van der Waals surface area contributed by atoms with E-state index in [9.17, 15) is 13.2 Å². The van der Waals surface area contributed by atoms with Crippen LogP contribution in [0.3, 0.4) is 0 Å². The molecule has 2 aromatic rings. The van der Waals surface area contributed by atoms with Crippen molar-refractivity contribution in [2.45, 2.75) is 13.5 Å². The first kappa shape index (κ1) is 12.5. The Bertz CT molecular complexity index is 547. The second-order valence-electron chi connectivity index (χ2n) is 4.02. The molecule has 94 valence electrons. The second-order valence-corrected chi connectivity index (χ2v) is 4.02. The van der Waals surface area contributed by atoms with E-state index in [4.69, 9.17) is 0 Å². The molecule has 0 amide bonds. The highest BCUT2D eigenvalue weighted by molar-refractivity contribution is 5.47. The standard InChI is InChI=1S/C14H12F3N/c1-9-7-11(15)6-5-10(9)8-18-14-12(16)3-2-4-13(14)17/h2-7,18H,8H2,1H3. The Labute approximate surface area is 103 Å². The predicted molar refractivity (Wildman–Crippen MR) is 64.8 cm³/mol. The van der Waals surface area contributed by atoms with E-state index in [1.165, 1.54) is 30.3 Å². The lowest BCUT2D eigenvalue weighted by molar-refractivity contribution is 0.588. The van der Waals surface area contributed by atoms with Crippen molar-refractivity contribution in [3.8, 4) is 0 Å². The van der Waals surface area contributed by atoms with Crippen molar-refractivity contribution in [2.24, 2.45) is 0 Å². The van der Waals surface area contributed by atoms with E-state index < -0.39 is 11.6 Å². The monoisotopic (exact) mass is 251 g/mol. The van der Waals surface area contributed by atoms with E-state index in [-0.39, 0.29) is 18.0 Å². The highest BCUT2D eigenvalue weighted by Gasteiger charge is 2.08. The summed E-state index contributed by atoms with van der Waals surface area (Å²) in [5.41, 5.74) is 1.36. The fourth-order valence-corrected chi connectivity index (χ4v) is 1.71. The van der Waals surface area contributed by atoms with Crippen LogP contribution in [0.15, 0.2) is 36.4 Å². The normalized spacial score (nSPS) is 10.4. The van der Waals surface area contributed by atoms with Gasteiger partial charge in [0.05, 0.1) is 0 Å². The van der Waals surface area contributed by atoms with Gasteiger partial charge in [-0.05, 0) is 42.3 Å². The zero-order valence-corrected chi connectivity index (χ0v) is 9.81. The van der Waals surface area contributed by atoms with Gasteiger partial charge in [0, 0.05) is 6.54 Å². The molecule has 0 spiro atoms. The van der Waals surface area contributed by atoms with Crippen molar-refractivity contribution >= 4 is 5.69 Å². The zero-order valence-electron chi connectivity index (χ0n) is 9.81. The van der Waals surface area contributed by atoms with Crippen LogP contribution in [0.4, 0.5) is 18.9 Å². The first-order chi connectivity index (χ1) is 8.58. The van der Waals surface area contributed by atoms with E-state index in [0.29, 0.717) is 0 Å². The van der Waals surface area contributed by atoms with Gasteiger partial charge in [-0.25, -0.2) is 13.2 Å². The van der Waals surface area contributed by atoms with Crippen LogP contribution in [0, 0.1) is 24.4 Å². The minimum Gasteiger partial charge on any atom is -0.376 e. The molecule has 2 rings (SSSR count). The van der Waals surface area contributed by atoms with Crippen molar-refractivity contribution in [1.82, 2.24) is 0 Å². The molecule has 0 saturated carbocycles. The Morgan fingerprint density at radius 2 is 1.67 bits per heavy atom. The van der Waals surface area contributed by atoms with Gasteiger partial charge in [0.2, 0.25) is 0 Å². The molecule has 0 fully saturated rings. The van der Waals surface area contributed by atoms with Crippen molar-refractivity contribution in [1.29, 1.82) is 0 Å². The molecule has 0 radical (unpaired) electrons. The van der Waals surface area contributed by atoms with Crippen molar-refractivity contribution in [2.75, 3.05) is 5.32 Å². The third-order valence-electron chi connectivity index (χ3n) is 2.72. The van der Waals surface area contributed by atoms with Crippen LogP contribution >= 0.6 is 0 Å². The van der Waals surface area contributed by atoms with Crippen LogP contribution in [-0.4, -0.2) is 0 Å². The zero-order chi connectivity index (χ0) is 13.1. The van der Waals surface area contributed by atoms with Gasteiger partial charge in [-0.15, -0.1) is 0 Å². The Kier molecular flexibility index (Phi) is 3.55. The lowest BCUT2D eigenvalue weighted by Gasteiger charge is -2.10. The highest BCUT2D eigenvalue weighted by atomic mass is 19.1. The maximum absolute atomic E-state index is 13.4. The van der Waals surface area contributed by atoms with Gasteiger partial charge in [0.25, 0.3) is 0 Å². The van der Waals surface area contributed by atoms with Gasteiger partial charge in [0.15, 0.2) is 0 Å². The molecule has 2 aromatic carbocycles. The Hall–Kier alpha value is -1.97. The number of benzene rings is 2. The molecule has 1 N–H and O–H groups in total. The van der Waals surface area contributed by atoms with Crippen LogP contribution < -0.4 is 5.32 Å². The molecule has 0 saturated heterocycles. The van der Waals surface area contributed by atoms with Crippen LogP contribution in [0.25, 0.3) is 0 Å². The summed E-state index contributed by atoms with van der Waals surface area (Å²) in [5, 5.41) is 2.69. The van der Waals surface area contributed by atoms with Crippen molar-refractivity contribution in [3.05, 3.63) is 65.0 Å². The summed E-state index contributed by atoms with van der Waals surface area (Å²) in [7, 11) is 0. The number of anilines is 1. The third-order valence-corrected chi connectivity index (χ3v) is 2.72. The number of nitrogens with one attached hydrogen (secondary N) is 1. The molecule has 4 heteroatoms. The minimum absolute atomic E-state index is 0.166.